The molecular weight excluding hydrogens is 374 g/mol. The molecular formula is C21H25N3O3S. The summed E-state index contributed by atoms with van der Waals surface area (Å²) in [6, 6.07) is 15.7. The minimum absolute atomic E-state index is 0.233. The van der Waals surface area contributed by atoms with Crippen LogP contribution in [-0.4, -0.2) is 37.7 Å². The fraction of sp³-hybridized carbons (Fsp3) is 0.333. The van der Waals surface area contributed by atoms with Crippen molar-refractivity contribution in [3.8, 4) is 11.5 Å². The number of benzene rings is 2. The van der Waals surface area contributed by atoms with Crippen LogP contribution in [0.2, 0.25) is 0 Å². The van der Waals surface area contributed by atoms with E-state index in [1.54, 1.807) is 13.3 Å². The Hall–Kier alpha value is -2.64. The molecule has 1 heterocycles. The van der Waals surface area contributed by atoms with Crippen molar-refractivity contribution in [2.45, 2.75) is 25.6 Å². The van der Waals surface area contributed by atoms with E-state index in [1.165, 1.54) is 0 Å². The molecule has 1 atom stereocenters. The molecule has 0 aliphatic carbocycles. The fourth-order valence-electron chi connectivity index (χ4n) is 2.84. The molecule has 148 valence electrons. The highest BCUT2D eigenvalue weighted by atomic mass is 32.1. The Morgan fingerprint density at radius 2 is 2.11 bits per heavy atom. The van der Waals surface area contributed by atoms with Gasteiger partial charge in [0, 0.05) is 13.2 Å². The highest BCUT2D eigenvalue weighted by molar-refractivity contribution is 7.80. The molecule has 3 rings (SSSR count). The molecule has 0 saturated carbocycles. The van der Waals surface area contributed by atoms with Gasteiger partial charge in [0.15, 0.2) is 16.6 Å². The number of hydrogen-bond donors (Lipinski definition) is 2. The van der Waals surface area contributed by atoms with Crippen molar-refractivity contribution in [3.63, 3.8) is 0 Å². The van der Waals surface area contributed by atoms with E-state index in [4.69, 9.17) is 26.4 Å². The van der Waals surface area contributed by atoms with Crippen LogP contribution >= 0.6 is 12.2 Å². The molecule has 7 heteroatoms. The normalized spacial score (nSPS) is 16.1. The maximum Gasteiger partial charge on any atom is 0.187 e. The van der Waals surface area contributed by atoms with Crippen LogP contribution in [0.15, 0.2) is 53.6 Å². The van der Waals surface area contributed by atoms with Gasteiger partial charge < -0.3 is 19.5 Å². The Balaban J connectivity index is 1.49. The van der Waals surface area contributed by atoms with E-state index in [1.807, 2.05) is 48.5 Å². The van der Waals surface area contributed by atoms with Gasteiger partial charge in [-0.05, 0) is 54.4 Å². The fourth-order valence-corrected chi connectivity index (χ4v) is 2.97. The van der Waals surface area contributed by atoms with Gasteiger partial charge in [-0.25, -0.2) is 0 Å². The van der Waals surface area contributed by atoms with Crippen molar-refractivity contribution >= 4 is 23.5 Å². The lowest BCUT2D eigenvalue weighted by atomic mass is 10.2. The second kappa shape index (κ2) is 10.6. The van der Waals surface area contributed by atoms with Crippen molar-refractivity contribution in [1.29, 1.82) is 0 Å². The highest BCUT2D eigenvalue weighted by Crippen LogP contribution is 2.28. The molecule has 0 unspecified atom stereocenters. The number of hydrazone groups is 1. The molecule has 1 saturated heterocycles. The summed E-state index contributed by atoms with van der Waals surface area (Å²) in [4.78, 5) is 0. The van der Waals surface area contributed by atoms with Gasteiger partial charge in [0.05, 0.1) is 19.4 Å². The lowest BCUT2D eigenvalue weighted by molar-refractivity contribution is 0.114. The zero-order valence-electron chi connectivity index (χ0n) is 15.9. The van der Waals surface area contributed by atoms with Gasteiger partial charge in [-0.2, -0.15) is 5.10 Å². The van der Waals surface area contributed by atoms with Crippen LogP contribution in [-0.2, 0) is 11.3 Å². The van der Waals surface area contributed by atoms with E-state index >= 15 is 0 Å². The third-order valence-corrected chi connectivity index (χ3v) is 4.55. The molecule has 28 heavy (non-hydrogen) atoms. The molecule has 0 bridgehead atoms. The van der Waals surface area contributed by atoms with Gasteiger partial charge in [-0.3, -0.25) is 5.43 Å². The van der Waals surface area contributed by atoms with Gasteiger partial charge in [0.25, 0.3) is 0 Å². The van der Waals surface area contributed by atoms with Crippen LogP contribution in [0.25, 0.3) is 0 Å². The summed E-state index contributed by atoms with van der Waals surface area (Å²) in [5.41, 5.74) is 4.79. The summed E-state index contributed by atoms with van der Waals surface area (Å²) in [5.74, 6) is 1.34. The summed E-state index contributed by atoms with van der Waals surface area (Å²) in [6.45, 7) is 2.01. The van der Waals surface area contributed by atoms with Crippen molar-refractivity contribution in [2.24, 2.45) is 5.10 Å². The summed E-state index contributed by atoms with van der Waals surface area (Å²) in [7, 11) is 1.62. The van der Waals surface area contributed by atoms with Gasteiger partial charge in [0.1, 0.15) is 6.61 Å². The second-order valence-corrected chi connectivity index (χ2v) is 6.81. The number of hydrogen-bond acceptors (Lipinski definition) is 5. The van der Waals surface area contributed by atoms with Gasteiger partial charge >= 0.3 is 0 Å². The average molecular weight is 400 g/mol. The van der Waals surface area contributed by atoms with Crippen molar-refractivity contribution in [2.75, 3.05) is 20.3 Å². The van der Waals surface area contributed by atoms with Gasteiger partial charge in [-0.1, -0.05) is 30.3 Å². The third-order valence-electron chi connectivity index (χ3n) is 4.32. The third kappa shape index (κ3) is 6.21. The molecule has 1 aliphatic rings. The summed E-state index contributed by atoms with van der Waals surface area (Å²) in [6.07, 6.45) is 4.09. The lowest BCUT2D eigenvalue weighted by Gasteiger charge is -2.12. The van der Waals surface area contributed by atoms with E-state index in [2.05, 4.69) is 15.8 Å². The molecule has 2 aromatic carbocycles. The number of rotatable bonds is 8. The predicted molar refractivity (Wildman–Crippen MR) is 114 cm³/mol. The molecule has 1 fully saturated rings. The van der Waals surface area contributed by atoms with Crippen LogP contribution in [0.3, 0.4) is 0 Å². The SMILES string of the molecule is COc1cc(/C=N\NC(=S)NC[C@H]2CCCO2)ccc1OCc1ccccc1. The van der Waals surface area contributed by atoms with Crippen LogP contribution in [0.1, 0.15) is 24.0 Å². The van der Waals surface area contributed by atoms with E-state index in [-0.39, 0.29) is 6.10 Å². The van der Waals surface area contributed by atoms with E-state index < -0.39 is 0 Å². The van der Waals surface area contributed by atoms with Crippen molar-refractivity contribution in [1.82, 2.24) is 10.7 Å². The first kappa shape index (κ1) is 20.1. The molecule has 0 aromatic heterocycles. The molecule has 2 aromatic rings. The van der Waals surface area contributed by atoms with Gasteiger partial charge in [0.2, 0.25) is 0 Å². The Labute approximate surface area is 170 Å². The van der Waals surface area contributed by atoms with Crippen molar-refractivity contribution < 1.29 is 14.2 Å². The maximum atomic E-state index is 5.86. The zero-order valence-corrected chi connectivity index (χ0v) is 16.7. The van der Waals surface area contributed by atoms with Crippen LogP contribution < -0.4 is 20.2 Å². The topological polar surface area (TPSA) is 64.1 Å². The first-order valence-corrected chi connectivity index (χ1v) is 9.68. The summed E-state index contributed by atoms with van der Waals surface area (Å²) >= 11 is 5.22. The van der Waals surface area contributed by atoms with Crippen LogP contribution in [0.5, 0.6) is 11.5 Å². The number of ether oxygens (including phenoxy) is 3. The summed E-state index contributed by atoms with van der Waals surface area (Å²) in [5, 5.41) is 7.75. The molecule has 6 nitrogen and oxygen atoms in total. The minimum atomic E-state index is 0.233. The number of nitrogens with zero attached hydrogens (tertiary/aromatic N) is 1. The predicted octanol–water partition coefficient (Wildman–Crippen LogP) is 3.25. The first-order chi connectivity index (χ1) is 13.7. The maximum absolute atomic E-state index is 5.86. The lowest BCUT2D eigenvalue weighted by Crippen LogP contribution is -2.37. The van der Waals surface area contributed by atoms with E-state index in [9.17, 15) is 0 Å². The summed E-state index contributed by atoms with van der Waals surface area (Å²) < 4.78 is 16.9. The zero-order chi connectivity index (χ0) is 19.6. The van der Waals surface area contributed by atoms with Crippen molar-refractivity contribution in [3.05, 3.63) is 59.7 Å². The first-order valence-electron chi connectivity index (χ1n) is 9.28. The van der Waals surface area contributed by atoms with Crippen LogP contribution in [0.4, 0.5) is 0 Å². The Kier molecular flexibility index (Phi) is 7.63. The molecule has 2 N–H and O–H groups in total. The Morgan fingerprint density at radius 3 is 2.86 bits per heavy atom. The van der Waals surface area contributed by atoms with Gasteiger partial charge in [-0.15, -0.1) is 0 Å². The molecule has 0 amide bonds. The Bertz CT molecular complexity index is 793. The quantitative estimate of drug-likeness (QED) is 0.404. The molecule has 0 radical (unpaired) electrons. The standard InChI is InChI=1S/C21H25N3O3S/c1-25-20-12-17(9-10-19(20)27-15-16-6-3-2-4-7-16)13-23-24-21(28)22-14-18-8-5-11-26-18/h2-4,6-7,9-10,12-13,18H,5,8,11,14-15H2,1H3,(H2,22,24,28)/b23-13-/t18-/m1/s1. The smallest absolute Gasteiger partial charge is 0.187 e. The monoisotopic (exact) mass is 399 g/mol. The number of nitrogens with one attached hydrogen (secondary N) is 2. The van der Waals surface area contributed by atoms with E-state index in [0.717, 1.165) is 30.6 Å². The van der Waals surface area contributed by atoms with E-state index in [0.29, 0.717) is 29.8 Å². The Morgan fingerprint density at radius 1 is 1.25 bits per heavy atom. The minimum Gasteiger partial charge on any atom is -0.493 e. The average Bonchev–Trinajstić information content (AvgIpc) is 3.25. The number of thiocarbonyl (C=S) groups is 1. The number of methoxy groups -OCH3 is 1. The largest absolute Gasteiger partial charge is 0.493 e. The molecule has 1 aliphatic heterocycles. The van der Waals surface area contributed by atoms with Crippen LogP contribution in [0, 0.1) is 0 Å². The molecule has 0 spiro atoms. The highest BCUT2D eigenvalue weighted by Gasteiger charge is 2.15. The second-order valence-electron chi connectivity index (χ2n) is 6.40.